The Morgan fingerprint density at radius 1 is 0.625 bits per heavy atom. The molecule has 0 aromatic heterocycles. The first kappa shape index (κ1) is 39.3. The van der Waals surface area contributed by atoms with Crippen LogP contribution in [0.1, 0.15) is 23.1 Å². The Kier molecular flexibility index (Phi) is 18.4. The van der Waals surface area contributed by atoms with Gasteiger partial charge in [0.05, 0.1) is 80.3 Å². The van der Waals surface area contributed by atoms with Gasteiger partial charge in [-0.15, -0.1) is 0 Å². The lowest BCUT2D eigenvalue weighted by Gasteiger charge is -2.40. The zero-order valence-corrected chi connectivity index (χ0v) is 28.0. The van der Waals surface area contributed by atoms with E-state index in [1.54, 1.807) is 14.2 Å². The molecule has 12 nitrogen and oxygen atoms in total. The van der Waals surface area contributed by atoms with Crippen LogP contribution < -0.4 is 20.9 Å². The molecule has 0 spiro atoms. The average molecular weight is 673 g/mol. The zero-order chi connectivity index (χ0) is 34.5. The summed E-state index contributed by atoms with van der Waals surface area (Å²) >= 11 is 0. The summed E-state index contributed by atoms with van der Waals surface area (Å²) in [5, 5.41) is 20.2. The van der Waals surface area contributed by atoms with Gasteiger partial charge in [-0.3, -0.25) is 0 Å². The first-order valence-electron chi connectivity index (χ1n) is 16.2. The van der Waals surface area contributed by atoms with Crippen LogP contribution in [0.4, 0.5) is 0 Å². The van der Waals surface area contributed by atoms with Gasteiger partial charge in [0.25, 0.3) is 0 Å². The minimum atomic E-state index is -1.24. The summed E-state index contributed by atoms with van der Waals surface area (Å²) < 4.78 is 45.9. The van der Waals surface area contributed by atoms with E-state index in [4.69, 9.17) is 54.5 Å². The van der Waals surface area contributed by atoms with E-state index in [2.05, 4.69) is 0 Å². The molecule has 0 radical (unpaired) electrons. The van der Waals surface area contributed by atoms with Gasteiger partial charge in [-0.25, -0.2) is 0 Å². The van der Waals surface area contributed by atoms with Gasteiger partial charge in [0.15, 0.2) is 6.29 Å². The van der Waals surface area contributed by atoms with E-state index in [0.29, 0.717) is 64.2 Å². The highest BCUT2D eigenvalue weighted by molar-refractivity contribution is 5.49. The highest BCUT2D eigenvalue weighted by Crippen LogP contribution is 2.43. The molecule has 6 N–H and O–H groups in total. The maximum atomic E-state index is 11.5. The highest BCUT2D eigenvalue weighted by Gasteiger charge is 2.43. The van der Waals surface area contributed by atoms with Crippen LogP contribution in [0.3, 0.4) is 0 Å². The minimum absolute atomic E-state index is 0.00784. The molecule has 0 saturated heterocycles. The van der Waals surface area contributed by atoms with Crippen LogP contribution in [-0.4, -0.2) is 115 Å². The molecule has 3 aromatic rings. The Bertz CT molecular complexity index is 1190. The maximum Gasteiger partial charge on any atom is 0.187 e. The van der Waals surface area contributed by atoms with Gasteiger partial charge in [-0.1, -0.05) is 54.6 Å². The molecule has 3 unspecified atom stereocenters. The van der Waals surface area contributed by atoms with Crippen LogP contribution in [0.2, 0.25) is 0 Å². The molecule has 0 aliphatic heterocycles. The van der Waals surface area contributed by atoms with E-state index in [9.17, 15) is 5.11 Å². The molecule has 0 aliphatic rings. The van der Waals surface area contributed by atoms with Crippen molar-refractivity contribution in [2.45, 2.75) is 30.5 Å². The van der Waals surface area contributed by atoms with Crippen molar-refractivity contribution in [3.05, 3.63) is 95.6 Å². The van der Waals surface area contributed by atoms with Crippen molar-refractivity contribution in [3.8, 4) is 11.5 Å². The van der Waals surface area contributed by atoms with Crippen molar-refractivity contribution in [1.29, 1.82) is 0 Å². The molecule has 3 rings (SSSR count). The van der Waals surface area contributed by atoms with E-state index >= 15 is 0 Å². The second kappa shape index (κ2) is 22.5. The molecule has 0 saturated carbocycles. The van der Waals surface area contributed by atoms with Gasteiger partial charge < -0.3 is 59.6 Å². The fourth-order valence-corrected chi connectivity index (χ4v) is 5.02. The largest absolute Gasteiger partial charge is 0.497 e. The summed E-state index contributed by atoms with van der Waals surface area (Å²) in [6.45, 7) is 3.34. The third kappa shape index (κ3) is 12.1. The predicted molar refractivity (Wildman–Crippen MR) is 181 cm³/mol. The third-order valence-electron chi connectivity index (χ3n) is 7.55. The van der Waals surface area contributed by atoms with Gasteiger partial charge in [0, 0.05) is 6.04 Å². The summed E-state index contributed by atoms with van der Waals surface area (Å²) in [6, 6.07) is 24.2. The molecule has 266 valence electrons. The Hall–Kier alpha value is -3.14. The number of benzene rings is 3. The maximum absolute atomic E-state index is 11.5. The topological polar surface area (TPSA) is 166 Å². The predicted octanol–water partition coefficient (Wildman–Crippen LogP) is 2.45. The fraction of sp³-hybridized carbons (Fsp3) is 0.500. The minimum Gasteiger partial charge on any atom is -0.497 e. The quantitative estimate of drug-likeness (QED) is 0.0560. The number of rotatable bonds is 26. The van der Waals surface area contributed by atoms with Gasteiger partial charge in [-0.2, -0.15) is 0 Å². The molecule has 3 atom stereocenters. The van der Waals surface area contributed by atoms with Crippen LogP contribution in [-0.2, 0) is 34.0 Å². The van der Waals surface area contributed by atoms with Crippen molar-refractivity contribution in [2.75, 3.05) is 86.8 Å². The van der Waals surface area contributed by atoms with Crippen molar-refractivity contribution >= 4 is 0 Å². The van der Waals surface area contributed by atoms with Crippen LogP contribution >= 0.6 is 0 Å². The van der Waals surface area contributed by atoms with Crippen molar-refractivity contribution in [1.82, 2.24) is 0 Å². The lowest BCUT2D eigenvalue weighted by Crippen LogP contribution is -2.50. The van der Waals surface area contributed by atoms with Gasteiger partial charge in [0.2, 0.25) is 0 Å². The molecular formula is C36H52N2O10. The standard InChI is InChI=1S/C36H52N2O10/c1-41-31-12-8-29(9-13-31)36(28-6-4-3-5-7-28,30-10-14-32(42-2)15-11-30)48-35(34(40)33(38)16-17-37)47-27-26-46-25-24-45-23-22-44-21-20-43-19-18-39/h3-15,33-35,39-40H,16-27,37-38H2,1-2H3. The third-order valence-corrected chi connectivity index (χ3v) is 7.55. The Morgan fingerprint density at radius 2 is 1.06 bits per heavy atom. The Labute approximate surface area is 283 Å². The number of hydrogen-bond acceptors (Lipinski definition) is 12. The molecular weight excluding hydrogens is 620 g/mol. The van der Waals surface area contributed by atoms with Gasteiger partial charge >= 0.3 is 0 Å². The number of methoxy groups -OCH3 is 2. The number of aliphatic hydroxyl groups excluding tert-OH is 2. The van der Waals surface area contributed by atoms with Crippen molar-refractivity contribution < 1.29 is 48.1 Å². The van der Waals surface area contributed by atoms with E-state index in [1.807, 2.05) is 78.9 Å². The van der Waals surface area contributed by atoms with Crippen LogP contribution in [0, 0.1) is 0 Å². The monoisotopic (exact) mass is 672 g/mol. The fourth-order valence-electron chi connectivity index (χ4n) is 5.02. The summed E-state index contributed by atoms with van der Waals surface area (Å²) in [4.78, 5) is 0. The number of hydrogen-bond donors (Lipinski definition) is 4. The van der Waals surface area contributed by atoms with Crippen molar-refractivity contribution in [3.63, 3.8) is 0 Å². The molecule has 12 heteroatoms. The number of aliphatic hydroxyl groups is 2. The SMILES string of the molecule is COc1ccc(C(OC(OCCOCCOCCOCCOCCO)C(O)C(N)CCN)(c2ccccc2)c2ccc(OC)cc2)cc1. The van der Waals surface area contributed by atoms with E-state index in [1.165, 1.54) is 0 Å². The van der Waals surface area contributed by atoms with Gasteiger partial charge in [0.1, 0.15) is 23.2 Å². The molecule has 48 heavy (non-hydrogen) atoms. The summed E-state index contributed by atoms with van der Waals surface area (Å²) in [5.74, 6) is 1.37. The highest BCUT2D eigenvalue weighted by atomic mass is 16.7. The normalized spacial score (nSPS) is 13.6. The average Bonchev–Trinajstić information content (AvgIpc) is 3.13. The lowest BCUT2D eigenvalue weighted by atomic mass is 9.79. The summed E-state index contributed by atoms with van der Waals surface area (Å²) in [6.07, 6.45) is -2.03. The number of nitrogens with two attached hydrogens (primary N) is 2. The van der Waals surface area contributed by atoms with Crippen LogP contribution in [0.15, 0.2) is 78.9 Å². The van der Waals surface area contributed by atoms with Crippen LogP contribution in [0.25, 0.3) is 0 Å². The molecule has 0 amide bonds. The van der Waals surface area contributed by atoms with E-state index in [-0.39, 0.29) is 26.4 Å². The Balaban J connectivity index is 1.77. The van der Waals surface area contributed by atoms with Crippen LogP contribution in [0.5, 0.6) is 11.5 Å². The molecule has 0 bridgehead atoms. The second-order valence-electron chi connectivity index (χ2n) is 10.8. The summed E-state index contributed by atoms with van der Waals surface area (Å²) in [5.41, 5.74) is 13.3. The zero-order valence-electron chi connectivity index (χ0n) is 28.0. The second-order valence-corrected chi connectivity index (χ2v) is 10.8. The smallest absolute Gasteiger partial charge is 0.187 e. The molecule has 0 heterocycles. The van der Waals surface area contributed by atoms with E-state index in [0.717, 1.165) is 16.7 Å². The first-order chi connectivity index (χ1) is 23.5. The molecule has 0 aliphatic carbocycles. The molecule has 0 fully saturated rings. The van der Waals surface area contributed by atoms with Crippen molar-refractivity contribution in [2.24, 2.45) is 11.5 Å². The molecule has 3 aromatic carbocycles. The number of ether oxygens (including phenoxy) is 8. The Morgan fingerprint density at radius 3 is 1.50 bits per heavy atom. The lowest BCUT2D eigenvalue weighted by molar-refractivity contribution is -0.239. The van der Waals surface area contributed by atoms with Gasteiger partial charge in [-0.05, 0) is 53.9 Å². The summed E-state index contributed by atoms with van der Waals surface area (Å²) in [7, 11) is 3.22. The van der Waals surface area contributed by atoms with E-state index < -0.39 is 24.0 Å². The first-order valence-corrected chi connectivity index (χ1v) is 16.2.